The first-order chi connectivity index (χ1) is 8.68. The molecule has 3 nitrogen and oxygen atoms in total. The van der Waals surface area contributed by atoms with Crippen molar-refractivity contribution in [1.82, 2.24) is 4.98 Å². The molecule has 1 aromatic heterocycles. The van der Waals surface area contributed by atoms with E-state index in [0.717, 1.165) is 7.11 Å². The first-order valence-electron chi connectivity index (χ1n) is 4.78. The van der Waals surface area contributed by atoms with Crippen LogP contribution in [0.1, 0.15) is 23.2 Å². The van der Waals surface area contributed by atoms with Crippen LogP contribution in [0.25, 0.3) is 0 Å². The highest BCUT2D eigenvalue weighted by Gasteiger charge is 2.39. The molecule has 0 atom stereocenters. The second kappa shape index (κ2) is 5.81. The lowest BCUT2D eigenvalue weighted by Gasteiger charge is -2.15. The van der Waals surface area contributed by atoms with Gasteiger partial charge in [0.15, 0.2) is 0 Å². The Morgan fingerprint density at radius 2 is 2.05 bits per heavy atom. The maximum atomic E-state index is 12.8. The number of carbonyl (C=O) groups is 1. The molecular weight excluding hydrogens is 341 g/mol. The van der Waals surface area contributed by atoms with Gasteiger partial charge in [0, 0.05) is 10.7 Å². The molecule has 0 N–H and O–H groups in total. The second-order valence-corrected chi connectivity index (χ2v) is 4.19. The van der Waals surface area contributed by atoms with Crippen LogP contribution in [0.4, 0.5) is 22.0 Å². The third-order valence-electron chi connectivity index (χ3n) is 2.18. The van der Waals surface area contributed by atoms with Gasteiger partial charge in [-0.25, -0.2) is 8.78 Å². The Kier molecular flexibility index (Phi) is 4.83. The largest absolute Gasteiger partial charge is 0.469 e. The molecule has 0 aliphatic rings. The zero-order valence-corrected chi connectivity index (χ0v) is 11.0. The van der Waals surface area contributed by atoms with E-state index in [1.165, 1.54) is 0 Å². The van der Waals surface area contributed by atoms with Gasteiger partial charge in [0.2, 0.25) is 0 Å². The van der Waals surface area contributed by atoms with Gasteiger partial charge in [-0.1, -0.05) is 0 Å². The molecule has 0 unspecified atom stereocenters. The van der Waals surface area contributed by atoms with E-state index >= 15 is 0 Å². The molecule has 0 fully saturated rings. The number of hydrogen-bond acceptors (Lipinski definition) is 3. The third kappa shape index (κ3) is 3.62. The molecule has 19 heavy (non-hydrogen) atoms. The molecule has 0 amide bonds. The van der Waals surface area contributed by atoms with Crippen LogP contribution in [-0.4, -0.2) is 18.1 Å². The number of esters is 1. The van der Waals surface area contributed by atoms with Gasteiger partial charge in [-0.05, 0) is 15.9 Å². The van der Waals surface area contributed by atoms with Crippen molar-refractivity contribution in [2.24, 2.45) is 0 Å². The molecule has 0 aliphatic carbocycles. The van der Waals surface area contributed by atoms with Gasteiger partial charge < -0.3 is 4.74 Å². The number of halogens is 6. The van der Waals surface area contributed by atoms with Gasteiger partial charge in [0.1, 0.15) is 0 Å². The SMILES string of the molecule is COC(=O)Cc1ncc(C(F)F)c(Br)c1C(F)(F)F. The Morgan fingerprint density at radius 1 is 1.47 bits per heavy atom. The molecule has 106 valence electrons. The number of rotatable bonds is 3. The lowest BCUT2D eigenvalue weighted by molar-refractivity contribution is -0.142. The van der Waals surface area contributed by atoms with Crippen molar-refractivity contribution >= 4 is 21.9 Å². The zero-order valence-electron chi connectivity index (χ0n) is 9.39. The number of pyridine rings is 1. The highest BCUT2D eigenvalue weighted by Crippen LogP contribution is 2.40. The van der Waals surface area contributed by atoms with Crippen molar-refractivity contribution < 1.29 is 31.5 Å². The molecule has 9 heteroatoms. The summed E-state index contributed by atoms with van der Waals surface area (Å²) in [6, 6.07) is 0. The van der Waals surface area contributed by atoms with E-state index in [2.05, 4.69) is 25.7 Å². The van der Waals surface area contributed by atoms with Crippen molar-refractivity contribution in [2.75, 3.05) is 7.11 Å². The first kappa shape index (κ1) is 15.8. The second-order valence-electron chi connectivity index (χ2n) is 3.40. The van der Waals surface area contributed by atoms with E-state index in [-0.39, 0.29) is 0 Å². The van der Waals surface area contributed by atoms with Gasteiger partial charge in [0.25, 0.3) is 6.43 Å². The monoisotopic (exact) mass is 347 g/mol. The number of nitrogens with zero attached hydrogens (tertiary/aromatic N) is 1. The first-order valence-corrected chi connectivity index (χ1v) is 5.57. The molecule has 1 heterocycles. The summed E-state index contributed by atoms with van der Waals surface area (Å²) in [5.74, 6) is -0.949. The summed E-state index contributed by atoms with van der Waals surface area (Å²) < 4.78 is 67.0. The fourth-order valence-corrected chi connectivity index (χ4v) is 2.05. The average molecular weight is 348 g/mol. The predicted molar refractivity (Wildman–Crippen MR) is 57.6 cm³/mol. The van der Waals surface area contributed by atoms with Crippen LogP contribution in [0.2, 0.25) is 0 Å². The Labute approximate surface area is 112 Å². The number of hydrogen-bond donors (Lipinski definition) is 0. The fraction of sp³-hybridized carbons (Fsp3) is 0.400. The van der Waals surface area contributed by atoms with E-state index in [9.17, 15) is 26.7 Å². The van der Waals surface area contributed by atoms with E-state index < -0.39 is 46.3 Å². The molecule has 0 spiro atoms. The molecule has 0 aromatic carbocycles. The van der Waals surface area contributed by atoms with Crippen LogP contribution in [0.15, 0.2) is 10.7 Å². The lowest BCUT2D eigenvalue weighted by Crippen LogP contribution is -2.17. The topological polar surface area (TPSA) is 39.2 Å². The van der Waals surface area contributed by atoms with Crippen molar-refractivity contribution in [1.29, 1.82) is 0 Å². The quantitative estimate of drug-likeness (QED) is 0.620. The highest BCUT2D eigenvalue weighted by molar-refractivity contribution is 9.10. The summed E-state index contributed by atoms with van der Waals surface area (Å²) in [4.78, 5) is 14.3. The molecule has 1 aromatic rings. The summed E-state index contributed by atoms with van der Waals surface area (Å²) in [5.41, 5.74) is -2.95. The van der Waals surface area contributed by atoms with Crippen LogP contribution < -0.4 is 0 Å². The summed E-state index contributed by atoms with van der Waals surface area (Å²) in [7, 11) is 0.998. The molecule has 0 bridgehead atoms. The third-order valence-corrected chi connectivity index (χ3v) is 3.03. The van der Waals surface area contributed by atoms with Gasteiger partial charge in [-0.2, -0.15) is 13.2 Å². The lowest BCUT2D eigenvalue weighted by atomic mass is 10.1. The average Bonchev–Trinajstić information content (AvgIpc) is 2.26. The maximum absolute atomic E-state index is 12.8. The molecule has 1 rings (SSSR count). The Morgan fingerprint density at radius 3 is 2.47 bits per heavy atom. The van der Waals surface area contributed by atoms with Crippen LogP contribution in [0, 0.1) is 0 Å². The number of alkyl halides is 5. The summed E-state index contributed by atoms with van der Waals surface area (Å²) in [6.45, 7) is 0. The molecule has 0 saturated heterocycles. The van der Waals surface area contributed by atoms with Gasteiger partial charge in [0.05, 0.1) is 30.4 Å². The smallest absolute Gasteiger partial charge is 0.419 e. The van der Waals surface area contributed by atoms with Crippen molar-refractivity contribution in [3.63, 3.8) is 0 Å². The number of methoxy groups -OCH3 is 1. The number of carbonyl (C=O) groups excluding carboxylic acids is 1. The van der Waals surface area contributed by atoms with Gasteiger partial charge in [-0.3, -0.25) is 9.78 Å². The van der Waals surface area contributed by atoms with Crippen molar-refractivity contribution in [3.8, 4) is 0 Å². The minimum absolute atomic E-state index is 0.599. The molecule has 0 aliphatic heterocycles. The van der Waals surface area contributed by atoms with Crippen LogP contribution in [-0.2, 0) is 22.1 Å². The van der Waals surface area contributed by atoms with Gasteiger partial charge in [-0.15, -0.1) is 0 Å². The molecule has 0 radical (unpaired) electrons. The normalized spacial score (nSPS) is 11.8. The molecular formula is C10H7BrF5NO2. The summed E-state index contributed by atoms with van der Waals surface area (Å²) in [6.07, 6.45) is -8.19. The minimum atomic E-state index is -4.92. The highest BCUT2D eigenvalue weighted by atomic mass is 79.9. The van der Waals surface area contributed by atoms with Crippen molar-refractivity contribution in [2.45, 2.75) is 19.0 Å². The Hall–Kier alpha value is -1.25. The van der Waals surface area contributed by atoms with E-state index in [4.69, 9.17) is 0 Å². The van der Waals surface area contributed by atoms with Crippen LogP contribution in [0.5, 0.6) is 0 Å². The van der Waals surface area contributed by atoms with Crippen LogP contribution >= 0.6 is 15.9 Å². The number of ether oxygens (including phenoxy) is 1. The fourth-order valence-electron chi connectivity index (χ4n) is 1.32. The summed E-state index contributed by atoms with van der Waals surface area (Å²) >= 11 is 2.49. The van der Waals surface area contributed by atoms with Gasteiger partial charge >= 0.3 is 12.1 Å². The van der Waals surface area contributed by atoms with Crippen molar-refractivity contribution in [3.05, 3.63) is 27.5 Å². The summed E-state index contributed by atoms with van der Waals surface area (Å²) in [5, 5.41) is 0. The van der Waals surface area contributed by atoms with E-state index in [0.29, 0.717) is 6.20 Å². The zero-order chi connectivity index (χ0) is 14.8. The molecule has 0 saturated carbocycles. The van der Waals surface area contributed by atoms with E-state index in [1.54, 1.807) is 0 Å². The maximum Gasteiger partial charge on any atom is 0.419 e. The van der Waals surface area contributed by atoms with Crippen LogP contribution in [0.3, 0.4) is 0 Å². The standard InChI is InChI=1S/C10H7BrF5NO2/c1-19-6(18)2-5-7(10(14,15)16)8(11)4(3-17-5)9(12)13/h3,9H,2H2,1H3. The van der Waals surface area contributed by atoms with E-state index in [1.807, 2.05) is 0 Å². The Balaban J connectivity index is 3.40. The predicted octanol–water partition coefficient (Wildman–Crippen LogP) is 3.52. The Bertz CT molecular complexity index is 490. The minimum Gasteiger partial charge on any atom is -0.469 e. The number of aromatic nitrogens is 1.